The molecule has 0 aliphatic heterocycles. The molecule has 0 spiro atoms. The lowest BCUT2D eigenvalue weighted by molar-refractivity contribution is -0.254. The number of carbonyl (C=O) groups excluding carboxylic acids is 2. The number of allylic oxidation sites excluding steroid dienone is 2. The van der Waals surface area contributed by atoms with Crippen LogP contribution in [0.2, 0.25) is 0 Å². The Morgan fingerprint density at radius 3 is 1.22 bits per heavy atom. The van der Waals surface area contributed by atoms with Gasteiger partial charge < -0.3 is 37.9 Å². The van der Waals surface area contributed by atoms with Crippen molar-refractivity contribution in [3.63, 3.8) is 0 Å². The minimum Gasteiger partial charge on any atom is -0.491 e. The molecule has 2 aromatic heterocycles. The van der Waals surface area contributed by atoms with E-state index in [9.17, 15) is 9.59 Å². The lowest BCUT2D eigenvalue weighted by Gasteiger charge is -2.25. The van der Waals surface area contributed by atoms with Gasteiger partial charge in [-0.1, -0.05) is 0 Å². The molecule has 0 N–H and O–H groups in total. The van der Waals surface area contributed by atoms with Crippen molar-refractivity contribution < 1.29 is 73.8 Å². The number of rotatable bonds is 22. The maximum Gasteiger partial charge on any atom is 0.380 e. The second kappa shape index (κ2) is 20.2. The average Bonchev–Trinajstić information content (AvgIpc) is 3.82. The molecule has 0 unspecified atom stereocenters. The number of esters is 2. The van der Waals surface area contributed by atoms with Gasteiger partial charge in [0.1, 0.15) is 37.9 Å². The van der Waals surface area contributed by atoms with Crippen LogP contribution in [-0.2, 0) is 38.0 Å². The summed E-state index contributed by atoms with van der Waals surface area (Å²) >= 11 is 2.03. The van der Waals surface area contributed by atoms with Gasteiger partial charge in [0.25, 0.3) is 0 Å². The highest BCUT2D eigenvalue weighted by atomic mass is 32.1. The maximum atomic E-state index is 15.8. The molecule has 0 fully saturated rings. The minimum atomic E-state index is -5.70. The molecule has 2 heterocycles. The van der Waals surface area contributed by atoms with Crippen LogP contribution in [0.4, 0.5) is 26.3 Å². The molecule has 1 aliphatic rings. The third-order valence-electron chi connectivity index (χ3n) is 8.95. The van der Waals surface area contributed by atoms with Gasteiger partial charge in [0.15, 0.2) is 0 Å². The van der Waals surface area contributed by atoms with E-state index in [2.05, 4.69) is 9.47 Å². The van der Waals surface area contributed by atoms with Crippen molar-refractivity contribution in [1.29, 1.82) is 0 Å². The van der Waals surface area contributed by atoms with Gasteiger partial charge in [0.2, 0.25) is 0 Å². The fraction of sp³-hybridized carbons (Fsp3) is 0.415. The van der Waals surface area contributed by atoms with Crippen LogP contribution in [0.1, 0.15) is 20.9 Å². The SMILES string of the molecule is COC(=O)COCCOCCOc1ccc(-c2cc(C3=C(c4cc(-c5ccc(OCCOCCOCC(=O)OC)cc5)sc4C)C(F)(F)C(F)(F)C3(F)F)c(C)s2)cc1. The van der Waals surface area contributed by atoms with Gasteiger partial charge >= 0.3 is 29.7 Å². The second-order valence-electron chi connectivity index (χ2n) is 12.9. The van der Waals surface area contributed by atoms with E-state index in [1.807, 2.05) is 0 Å². The van der Waals surface area contributed by atoms with Crippen LogP contribution in [-0.4, -0.2) is 110 Å². The fourth-order valence-electron chi connectivity index (χ4n) is 5.91. The third kappa shape index (κ3) is 10.7. The summed E-state index contributed by atoms with van der Waals surface area (Å²) in [6, 6.07) is 15.6. The molecular weight excluding hydrogens is 831 g/mol. The molecule has 10 nitrogen and oxygen atoms in total. The summed E-state index contributed by atoms with van der Waals surface area (Å²) in [5.41, 5.74) is -2.52. The van der Waals surface area contributed by atoms with E-state index < -0.39 is 40.9 Å². The fourth-order valence-corrected chi connectivity index (χ4v) is 7.98. The van der Waals surface area contributed by atoms with Crippen LogP contribution < -0.4 is 9.47 Å². The number of benzene rings is 2. The third-order valence-corrected chi connectivity index (χ3v) is 11.1. The van der Waals surface area contributed by atoms with Crippen LogP contribution in [0.25, 0.3) is 32.0 Å². The molecule has 0 saturated carbocycles. The lowest BCUT2D eigenvalue weighted by atomic mass is 9.94. The number of ether oxygens (including phenoxy) is 8. The molecule has 0 radical (unpaired) electrons. The van der Waals surface area contributed by atoms with Crippen molar-refractivity contribution in [2.75, 3.05) is 80.3 Å². The van der Waals surface area contributed by atoms with Crippen LogP contribution >= 0.6 is 22.7 Å². The lowest BCUT2D eigenvalue weighted by Crippen LogP contribution is -2.48. The molecule has 0 bridgehead atoms. The highest BCUT2D eigenvalue weighted by Gasteiger charge is 2.80. The Labute approximate surface area is 344 Å². The summed E-state index contributed by atoms with van der Waals surface area (Å²) in [6.45, 7) is 4.14. The molecule has 0 atom stereocenters. The van der Waals surface area contributed by atoms with Crippen molar-refractivity contribution >= 4 is 45.8 Å². The molecule has 0 saturated heterocycles. The summed E-state index contributed by atoms with van der Waals surface area (Å²) in [5.74, 6) is -16.2. The predicted octanol–water partition coefficient (Wildman–Crippen LogP) is 8.76. The van der Waals surface area contributed by atoms with E-state index in [0.29, 0.717) is 32.4 Å². The average molecular weight is 873 g/mol. The number of thiophene rings is 2. The maximum absolute atomic E-state index is 15.8. The molecule has 18 heteroatoms. The number of alkyl halides is 6. The van der Waals surface area contributed by atoms with E-state index in [1.165, 1.54) is 40.2 Å². The Hall–Kier alpha value is -4.46. The van der Waals surface area contributed by atoms with Gasteiger partial charge in [-0.05, 0) is 96.8 Å². The van der Waals surface area contributed by atoms with Crippen molar-refractivity contribution in [2.45, 2.75) is 31.6 Å². The summed E-state index contributed by atoms with van der Waals surface area (Å²) < 4.78 is 135. The highest BCUT2D eigenvalue weighted by Crippen LogP contribution is 2.66. The Balaban J connectivity index is 1.28. The number of hydrogen-bond acceptors (Lipinski definition) is 12. The van der Waals surface area contributed by atoms with Crippen molar-refractivity contribution in [3.05, 3.63) is 81.5 Å². The van der Waals surface area contributed by atoms with Crippen molar-refractivity contribution in [3.8, 4) is 32.4 Å². The largest absolute Gasteiger partial charge is 0.491 e. The first-order chi connectivity index (χ1) is 28.1. The number of aryl methyl sites for hydroxylation is 2. The second-order valence-corrected chi connectivity index (χ2v) is 15.4. The zero-order chi connectivity index (χ0) is 42.8. The van der Waals surface area contributed by atoms with Gasteiger partial charge in [-0.15, -0.1) is 22.7 Å². The molecular formula is C41H42F6O10S2. The van der Waals surface area contributed by atoms with Gasteiger partial charge in [0, 0.05) is 30.7 Å². The van der Waals surface area contributed by atoms with Crippen LogP contribution in [0.5, 0.6) is 11.5 Å². The number of carbonyl (C=O) groups is 2. The van der Waals surface area contributed by atoms with Gasteiger partial charge in [-0.3, -0.25) is 0 Å². The smallest absolute Gasteiger partial charge is 0.380 e. The molecule has 2 aromatic carbocycles. The van der Waals surface area contributed by atoms with E-state index in [4.69, 9.17) is 28.4 Å². The Kier molecular flexibility index (Phi) is 15.6. The first-order valence-electron chi connectivity index (χ1n) is 18.1. The van der Waals surface area contributed by atoms with Crippen molar-refractivity contribution in [2.24, 2.45) is 0 Å². The predicted molar refractivity (Wildman–Crippen MR) is 209 cm³/mol. The Bertz CT molecular complexity index is 1920. The van der Waals surface area contributed by atoms with Crippen LogP contribution in [0.3, 0.4) is 0 Å². The number of halogens is 6. The monoisotopic (exact) mass is 872 g/mol. The molecule has 4 aromatic rings. The minimum absolute atomic E-state index is 0.162. The topological polar surface area (TPSA) is 108 Å². The zero-order valence-electron chi connectivity index (χ0n) is 32.5. The molecule has 320 valence electrons. The van der Waals surface area contributed by atoms with E-state index >= 15 is 26.3 Å². The van der Waals surface area contributed by atoms with Crippen LogP contribution in [0, 0.1) is 13.8 Å². The summed E-state index contributed by atoms with van der Waals surface area (Å²) in [7, 11) is 2.51. The van der Waals surface area contributed by atoms with Crippen LogP contribution in [0.15, 0.2) is 60.7 Å². The van der Waals surface area contributed by atoms with Gasteiger partial charge in [-0.2, -0.15) is 26.3 Å². The normalized spacial score (nSPS) is 15.4. The first kappa shape index (κ1) is 45.6. The summed E-state index contributed by atoms with van der Waals surface area (Å²) in [5, 5.41) is 0. The summed E-state index contributed by atoms with van der Waals surface area (Å²) in [6.07, 6.45) is 0. The molecule has 0 amide bonds. The van der Waals surface area contributed by atoms with Crippen molar-refractivity contribution in [1.82, 2.24) is 0 Å². The van der Waals surface area contributed by atoms with Gasteiger partial charge in [-0.25, -0.2) is 9.59 Å². The van der Waals surface area contributed by atoms with Gasteiger partial charge in [0.05, 0.1) is 53.9 Å². The zero-order valence-corrected chi connectivity index (χ0v) is 34.1. The Morgan fingerprint density at radius 2 is 0.864 bits per heavy atom. The molecule has 1 aliphatic carbocycles. The van der Waals surface area contributed by atoms with E-state index in [0.717, 1.165) is 22.7 Å². The number of hydrogen-bond donors (Lipinski definition) is 0. The van der Waals surface area contributed by atoms with E-state index in [1.54, 1.807) is 48.5 Å². The molecule has 59 heavy (non-hydrogen) atoms. The molecule has 5 rings (SSSR count). The highest BCUT2D eigenvalue weighted by molar-refractivity contribution is 7.16. The number of methoxy groups -OCH3 is 2. The van der Waals surface area contributed by atoms with E-state index in [-0.39, 0.29) is 87.0 Å². The summed E-state index contributed by atoms with van der Waals surface area (Å²) in [4.78, 5) is 23.2. The quantitative estimate of drug-likeness (QED) is 0.0432. The Morgan fingerprint density at radius 1 is 0.525 bits per heavy atom. The first-order valence-corrected chi connectivity index (χ1v) is 19.8. The standard InChI is InChI=1S/C41H42F6O10S2/c1-25-31(21-33(58-25)27-5-9-29(10-6-27)56-19-17-52-13-15-54-23-35(48)50-3)37-38(40(44,45)41(46,47)39(37,42)43)32-22-34(59-26(32)2)28-7-11-30(12-8-28)57-20-18-53-14-16-55-24-36(49)51-4/h5-12,21-22H,13-20,23-24H2,1-4H3.